The van der Waals surface area contributed by atoms with Gasteiger partial charge in [0.05, 0.1) is 5.56 Å². The molecule has 0 saturated carbocycles. The minimum Gasteiger partial charge on any atom is -0.386 e. The van der Waals surface area contributed by atoms with Gasteiger partial charge in [0.2, 0.25) is 0 Å². The number of urea groups is 1. The smallest absolute Gasteiger partial charge is 0.314 e. The first-order valence-corrected chi connectivity index (χ1v) is 6.77. The number of halogens is 2. The van der Waals surface area contributed by atoms with E-state index >= 15 is 0 Å². The predicted octanol–water partition coefficient (Wildman–Crippen LogP) is 1.72. The molecule has 1 atom stereocenters. The molecule has 2 amide bonds. The van der Waals surface area contributed by atoms with E-state index in [0.717, 1.165) is 12.1 Å². The Morgan fingerprint density at radius 2 is 2.00 bits per heavy atom. The number of rotatable bonds is 8. The summed E-state index contributed by atoms with van der Waals surface area (Å²) in [7, 11) is 0. The number of aliphatic hydroxyl groups is 1. The normalized spacial score (nSPS) is 12.0. The van der Waals surface area contributed by atoms with Crippen LogP contribution in [0.5, 0.6) is 0 Å². The third-order valence-corrected chi connectivity index (χ3v) is 2.74. The summed E-state index contributed by atoms with van der Waals surface area (Å²) < 4.78 is 31.9. The van der Waals surface area contributed by atoms with E-state index in [1.807, 2.05) is 6.92 Å². The molecule has 1 rings (SSSR count). The second kappa shape index (κ2) is 9.25. The fraction of sp³-hybridized carbons (Fsp3) is 0.500. The van der Waals surface area contributed by atoms with Gasteiger partial charge in [0.1, 0.15) is 17.7 Å². The third kappa shape index (κ3) is 6.05. The molecule has 0 aromatic heterocycles. The topological polar surface area (TPSA) is 70.6 Å². The molecule has 1 unspecified atom stereocenters. The van der Waals surface area contributed by atoms with Crippen LogP contribution >= 0.6 is 0 Å². The maximum Gasteiger partial charge on any atom is 0.314 e. The third-order valence-electron chi connectivity index (χ3n) is 2.74. The van der Waals surface area contributed by atoms with Gasteiger partial charge in [0, 0.05) is 26.3 Å². The van der Waals surface area contributed by atoms with Crippen LogP contribution in [0.2, 0.25) is 0 Å². The van der Waals surface area contributed by atoms with Crippen molar-refractivity contribution in [2.75, 3.05) is 26.3 Å². The second-order valence-electron chi connectivity index (χ2n) is 4.34. The van der Waals surface area contributed by atoms with Crippen molar-refractivity contribution in [3.63, 3.8) is 0 Å². The minimum atomic E-state index is -1.44. The van der Waals surface area contributed by atoms with Gasteiger partial charge in [-0.1, -0.05) is 6.07 Å². The van der Waals surface area contributed by atoms with E-state index in [1.54, 1.807) is 0 Å². The van der Waals surface area contributed by atoms with Crippen molar-refractivity contribution in [2.45, 2.75) is 19.4 Å². The van der Waals surface area contributed by atoms with E-state index in [-0.39, 0.29) is 6.54 Å². The maximum atomic E-state index is 13.4. The standard InChI is InChI=1S/C14H20F2N2O3/c1-2-21-8-4-7-17-14(20)18-9-12(19)13-10(15)5-3-6-11(13)16/h3,5-6,12,19H,2,4,7-9H2,1H3,(H2,17,18,20). The van der Waals surface area contributed by atoms with Crippen molar-refractivity contribution in [1.29, 1.82) is 0 Å². The first-order valence-electron chi connectivity index (χ1n) is 6.77. The Hall–Kier alpha value is -1.73. The summed E-state index contributed by atoms with van der Waals surface area (Å²) in [5.74, 6) is -1.69. The lowest BCUT2D eigenvalue weighted by molar-refractivity contribution is 0.144. The van der Waals surface area contributed by atoms with Crippen LogP contribution in [0.15, 0.2) is 18.2 Å². The molecular weight excluding hydrogens is 282 g/mol. The van der Waals surface area contributed by atoms with Crippen molar-refractivity contribution >= 4 is 6.03 Å². The summed E-state index contributed by atoms with van der Waals surface area (Å²) >= 11 is 0. The fourth-order valence-electron chi connectivity index (χ4n) is 1.70. The Balaban J connectivity index is 2.32. The predicted molar refractivity (Wildman–Crippen MR) is 73.8 cm³/mol. The number of carbonyl (C=O) groups is 1. The quantitative estimate of drug-likeness (QED) is 0.640. The van der Waals surface area contributed by atoms with Gasteiger partial charge in [-0.2, -0.15) is 0 Å². The largest absolute Gasteiger partial charge is 0.386 e. The lowest BCUT2D eigenvalue weighted by Gasteiger charge is -2.14. The average Bonchev–Trinajstić information content (AvgIpc) is 2.44. The summed E-state index contributed by atoms with van der Waals surface area (Å²) in [6.07, 6.45) is -0.786. The molecule has 0 aliphatic heterocycles. The molecule has 1 aromatic carbocycles. The van der Waals surface area contributed by atoms with Gasteiger partial charge in [-0.05, 0) is 25.5 Å². The van der Waals surface area contributed by atoms with E-state index in [0.29, 0.717) is 26.2 Å². The molecule has 7 heteroatoms. The van der Waals surface area contributed by atoms with Crippen molar-refractivity contribution in [3.8, 4) is 0 Å². The highest BCUT2D eigenvalue weighted by molar-refractivity contribution is 5.73. The lowest BCUT2D eigenvalue weighted by atomic mass is 10.1. The molecule has 0 spiro atoms. The molecule has 0 fully saturated rings. The van der Waals surface area contributed by atoms with Crippen molar-refractivity contribution < 1.29 is 23.4 Å². The Morgan fingerprint density at radius 3 is 2.62 bits per heavy atom. The van der Waals surface area contributed by atoms with Crippen LogP contribution in [-0.2, 0) is 4.74 Å². The Bertz CT molecular complexity index is 438. The fourth-order valence-corrected chi connectivity index (χ4v) is 1.70. The number of ether oxygens (including phenoxy) is 1. The second-order valence-corrected chi connectivity index (χ2v) is 4.34. The molecule has 5 nitrogen and oxygen atoms in total. The highest BCUT2D eigenvalue weighted by atomic mass is 19.1. The molecule has 0 radical (unpaired) electrons. The lowest BCUT2D eigenvalue weighted by Crippen LogP contribution is -2.38. The molecule has 0 aliphatic rings. The van der Waals surface area contributed by atoms with Crippen molar-refractivity contribution in [3.05, 3.63) is 35.4 Å². The van der Waals surface area contributed by atoms with Crippen LogP contribution in [-0.4, -0.2) is 37.4 Å². The Morgan fingerprint density at radius 1 is 1.33 bits per heavy atom. The summed E-state index contributed by atoms with van der Waals surface area (Å²) in [6, 6.07) is 2.80. The first kappa shape index (κ1) is 17.3. The summed E-state index contributed by atoms with van der Waals surface area (Å²) in [6.45, 7) is 3.17. The SMILES string of the molecule is CCOCCCNC(=O)NCC(O)c1c(F)cccc1F. The Kier molecular flexibility index (Phi) is 7.63. The van der Waals surface area contributed by atoms with Crippen LogP contribution < -0.4 is 10.6 Å². The van der Waals surface area contributed by atoms with E-state index in [1.165, 1.54) is 6.07 Å². The average molecular weight is 302 g/mol. The van der Waals surface area contributed by atoms with E-state index in [2.05, 4.69) is 10.6 Å². The summed E-state index contributed by atoms with van der Waals surface area (Å²) in [5.41, 5.74) is -0.450. The monoisotopic (exact) mass is 302 g/mol. The highest BCUT2D eigenvalue weighted by Crippen LogP contribution is 2.19. The molecular formula is C14H20F2N2O3. The molecule has 0 heterocycles. The number of aliphatic hydroxyl groups excluding tert-OH is 1. The first-order chi connectivity index (χ1) is 10.1. The van der Waals surface area contributed by atoms with E-state index in [9.17, 15) is 18.7 Å². The zero-order chi connectivity index (χ0) is 15.7. The number of nitrogens with one attached hydrogen (secondary N) is 2. The molecule has 1 aromatic rings. The van der Waals surface area contributed by atoms with Crippen LogP contribution in [0, 0.1) is 11.6 Å². The van der Waals surface area contributed by atoms with Gasteiger partial charge in [0.15, 0.2) is 0 Å². The maximum absolute atomic E-state index is 13.4. The van der Waals surface area contributed by atoms with Crippen molar-refractivity contribution in [1.82, 2.24) is 10.6 Å². The van der Waals surface area contributed by atoms with Crippen molar-refractivity contribution in [2.24, 2.45) is 0 Å². The number of hydrogen-bond donors (Lipinski definition) is 3. The highest BCUT2D eigenvalue weighted by Gasteiger charge is 2.18. The molecule has 21 heavy (non-hydrogen) atoms. The van der Waals surface area contributed by atoms with Gasteiger partial charge >= 0.3 is 6.03 Å². The van der Waals surface area contributed by atoms with E-state index < -0.39 is 29.3 Å². The number of amides is 2. The zero-order valence-electron chi connectivity index (χ0n) is 11.9. The molecule has 0 saturated heterocycles. The van der Waals surface area contributed by atoms with Crippen LogP contribution in [0.25, 0.3) is 0 Å². The number of benzene rings is 1. The summed E-state index contributed by atoms with van der Waals surface area (Å²) in [5, 5.41) is 14.6. The van der Waals surface area contributed by atoms with Gasteiger partial charge in [-0.15, -0.1) is 0 Å². The Labute approximate surface area is 122 Å². The van der Waals surface area contributed by atoms with Crippen LogP contribution in [0.4, 0.5) is 13.6 Å². The van der Waals surface area contributed by atoms with Gasteiger partial charge in [-0.25, -0.2) is 13.6 Å². The molecule has 0 bridgehead atoms. The number of hydrogen-bond acceptors (Lipinski definition) is 3. The van der Waals surface area contributed by atoms with Gasteiger partial charge < -0.3 is 20.5 Å². The zero-order valence-corrected chi connectivity index (χ0v) is 11.9. The van der Waals surface area contributed by atoms with E-state index in [4.69, 9.17) is 4.74 Å². The minimum absolute atomic E-state index is 0.283. The number of carbonyl (C=O) groups excluding carboxylic acids is 1. The molecule has 118 valence electrons. The van der Waals surface area contributed by atoms with Gasteiger partial charge in [-0.3, -0.25) is 0 Å². The molecule has 3 N–H and O–H groups in total. The van der Waals surface area contributed by atoms with Crippen LogP contribution in [0.3, 0.4) is 0 Å². The van der Waals surface area contributed by atoms with Gasteiger partial charge in [0.25, 0.3) is 0 Å². The summed E-state index contributed by atoms with van der Waals surface area (Å²) in [4.78, 5) is 11.4. The van der Waals surface area contributed by atoms with Crippen LogP contribution in [0.1, 0.15) is 25.0 Å². The molecule has 0 aliphatic carbocycles.